The van der Waals surface area contributed by atoms with Gasteiger partial charge in [-0.1, -0.05) is 18.2 Å². The summed E-state index contributed by atoms with van der Waals surface area (Å²) in [5, 5.41) is 0. The fourth-order valence-corrected chi connectivity index (χ4v) is 4.58. The number of benzene rings is 1. The Labute approximate surface area is 174 Å². The van der Waals surface area contributed by atoms with E-state index in [4.69, 9.17) is 14.5 Å². The lowest BCUT2D eigenvalue weighted by atomic mass is 10.1. The Morgan fingerprint density at radius 1 is 1.03 bits per heavy atom. The molecule has 30 heavy (non-hydrogen) atoms. The summed E-state index contributed by atoms with van der Waals surface area (Å²) < 4.78 is 13.1. The third kappa shape index (κ3) is 3.00. The Kier molecular flexibility index (Phi) is 4.16. The van der Waals surface area contributed by atoms with Crippen LogP contribution in [0.15, 0.2) is 67.4 Å². The molecule has 0 aliphatic carbocycles. The molecule has 4 aromatic rings. The average molecular weight is 398 g/mol. The molecule has 150 valence electrons. The van der Waals surface area contributed by atoms with Gasteiger partial charge in [0.2, 0.25) is 6.79 Å². The van der Waals surface area contributed by atoms with Crippen molar-refractivity contribution in [3.8, 4) is 22.6 Å². The smallest absolute Gasteiger partial charge is 0.231 e. The van der Waals surface area contributed by atoms with E-state index in [1.807, 2.05) is 24.7 Å². The molecule has 6 rings (SSSR count). The molecular weight excluding hydrogens is 376 g/mol. The molecule has 0 spiro atoms. The fraction of sp³-hybridized carbons (Fsp3) is 0.250. The molecule has 3 aromatic heterocycles. The molecule has 1 fully saturated rings. The summed E-state index contributed by atoms with van der Waals surface area (Å²) in [5.74, 6) is 1.68. The zero-order valence-corrected chi connectivity index (χ0v) is 16.6. The lowest BCUT2D eigenvalue weighted by molar-refractivity contribution is 0.174. The standard InChI is InChI=1S/C24H22N4O2/c1-3-18(12-25-9-1)19-6-7-21-24(26-15-28(21)14-19)20-4-2-10-27(20)13-17-5-8-22-23(11-17)30-16-29-22/h1,3,5-9,11-12,14-15,20H,2,4,10,13,16H2/t20-/m0/s1. The monoisotopic (exact) mass is 398 g/mol. The van der Waals surface area contributed by atoms with Gasteiger partial charge in [-0.25, -0.2) is 4.98 Å². The van der Waals surface area contributed by atoms with Crippen molar-refractivity contribution in [1.82, 2.24) is 19.3 Å². The Bertz CT molecular complexity index is 1200. The first-order valence-corrected chi connectivity index (χ1v) is 10.3. The minimum Gasteiger partial charge on any atom is -0.454 e. The highest BCUT2D eigenvalue weighted by Gasteiger charge is 2.29. The third-order valence-corrected chi connectivity index (χ3v) is 6.06. The molecular formula is C24H22N4O2. The summed E-state index contributed by atoms with van der Waals surface area (Å²) in [7, 11) is 0. The lowest BCUT2D eigenvalue weighted by Crippen LogP contribution is -2.23. The van der Waals surface area contributed by atoms with Gasteiger partial charge in [0, 0.05) is 30.7 Å². The number of hydrogen-bond donors (Lipinski definition) is 0. The van der Waals surface area contributed by atoms with Gasteiger partial charge in [-0.15, -0.1) is 0 Å². The predicted molar refractivity (Wildman–Crippen MR) is 113 cm³/mol. The van der Waals surface area contributed by atoms with Crippen LogP contribution in [0.3, 0.4) is 0 Å². The molecule has 2 aliphatic heterocycles. The topological polar surface area (TPSA) is 51.9 Å². The molecule has 6 heteroatoms. The Morgan fingerprint density at radius 3 is 2.93 bits per heavy atom. The fourth-order valence-electron chi connectivity index (χ4n) is 4.58. The van der Waals surface area contributed by atoms with Gasteiger partial charge < -0.3 is 13.9 Å². The Hall–Kier alpha value is -3.38. The van der Waals surface area contributed by atoms with E-state index in [0.717, 1.165) is 47.8 Å². The predicted octanol–water partition coefficient (Wildman–Crippen LogP) is 4.46. The SMILES string of the molecule is c1cncc(-c2ccc3c([C@@H]4CCCN4Cc4ccc5c(c4)OCO5)ncn3c2)c1. The van der Waals surface area contributed by atoms with E-state index in [-0.39, 0.29) is 0 Å². The minimum atomic E-state index is 0.312. The van der Waals surface area contributed by atoms with Crippen LogP contribution in [0.2, 0.25) is 0 Å². The minimum absolute atomic E-state index is 0.312. The number of ether oxygens (including phenoxy) is 2. The zero-order chi connectivity index (χ0) is 19.9. The molecule has 2 aliphatic rings. The van der Waals surface area contributed by atoms with Crippen LogP contribution in [0.25, 0.3) is 16.6 Å². The number of hydrogen-bond acceptors (Lipinski definition) is 5. The second-order valence-electron chi connectivity index (χ2n) is 7.90. The first kappa shape index (κ1) is 17.5. The molecule has 0 N–H and O–H groups in total. The molecule has 0 bridgehead atoms. The van der Waals surface area contributed by atoms with E-state index in [1.54, 1.807) is 6.20 Å². The van der Waals surface area contributed by atoms with Crippen molar-refractivity contribution >= 4 is 5.52 Å². The van der Waals surface area contributed by atoms with Gasteiger partial charge in [0.25, 0.3) is 0 Å². The van der Waals surface area contributed by atoms with E-state index in [2.05, 4.69) is 50.8 Å². The van der Waals surface area contributed by atoms with Crippen LogP contribution in [-0.2, 0) is 6.54 Å². The number of likely N-dealkylation sites (tertiary alicyclic amines) is 1. The molecule has 0 amide bonds. The van der Waals surface area contributed by atoms with Crippen LogP contribution >= 0.6 is 0 Å². The summed E-state index contributed by atoms with van der Waals surface area (Å²) in [6.45, 7) is 2.27. The van der Waals surface area contributed by atoms with E-state index in [9.17, 15) is 0 Å². The Morgan fingerprint density at radius 2 is 2.00 bits per heavy atom. The van der Waals surface area contributed by atoms with Crippen LogP contribution in [0, 0.1) is 0 Å². The van der Waals surface area contributed by atoms with E-state index >= 15 is 0 Å². The molecule has 5 heterocycles. The molecule has 1 atom stereocenters. The van der Waals surface area contributed by atoms with Crippen molar-refractivity contribution in [3.05, 3.63) is 78.6 Å². The van der Waals surface area contributed by atoms with Crippen molar-refractivity contribution in [2.24, 2.45) is 0 Å². The van der Waals surface area contributed by atoms with Crippen LogP contribution < -0.4 is 9.47 Å². The Balaban J connectivity index is 1.28. The van der Waals surface area contributed by atoms with Crippen molar-refractivity contribution < 1.29 is 9.47 Å². The lowest BCUT2D eigenvalue weighted by Gasteiger charge is -2.23. The van der Waals surface area contributed by atoms with Gasteiger partial charge in [0.05, 0.1) is 23.6 Å². The number of aromatic nitrogens is 3. The number of pyridine rings is 2. The van der Waals surface area contributed by atoms with E-state index < -0.39 is 0 Å². The normalized spacial score (nSPS) is 18.3. The summed E-state index contributed by atoms with van der Waals surface area (Å²) in [4.78, 5) is 11.6. The second kappa shape index (κ2) is 7.15. The van der Waals surface area contributed by atoms with Gasteiger partial charge in [0.1, 0.15) is 0 Å². The highest BCUT2D eigenvalue weighted by atomic mass is 16.7. The summed E-state index contributed by atoms with van der Waals surface area (Å²) in [6.07, 6.45) is 10.1. The van der Waals surface area contributed by atoms with Crippen molar-refractivity contribution in [3.63, 3.8) is 0 Å². The maximum Gasteiger partial charge on any atom is 0.231 e. The summed E-state index contributed by atoms with van der Waals surface area (Å²) in [5.41, 5.74) is 5.83. The first-order valence-electron chi connectivity index (χ1n) is 10.3. The summed E-state index contributed by atoms with van der Waals surface area (Å²) >= 11 is 0. The molecule has 1 saturated heterocycles. The maximum atomic E-state index is 5.55. The zero-order valence-electron chi connectivity index (χ0n) is 16.6. The summed E-state index contributed by atoms with van der Waals surface area (Å²) in [6, 6.07) is 15.0. The van der Waals surface area contributed by atoms with Gasteiger partial charge in [-0.3, -0.25) is 9.88 Å². The molecule has 0 radical (unpaired) electrons. The largest absolute Gasteiger partial charge is 0.454 e. The molecule has 0 unspecified atom stereocenters. The number of rotatable bonds is 4. The van der Waals surface area contributed by atoms with Crippen molar-refractivity contribution in [1.29, 1.82) is 0 Å². The van der Waals surface area contributed by atoms with Gasteiger partial charge >= 0.3 is 0 Å². The maximum absolute atomic E-state index is 5.55. The number of fused-ring (bicyclic) bond motifs is 2. The molecule has 0 saturated carbocycles. The van der Waals surface area contributed by atoms with Gasteiger partial charge in [-0.2, -0.15) is 0 Å². The van der Waals surface area contributed by atoms with Crippen LogP contribution in [0.1, 0.15) is 30.1 Å². The van der Waals surface area contributed by atoms with Crippen molar-refractivity contribution in [2.75, 3.05) is 13.3 Å². The quantitative estimate of drug-likeness (QED) is 0.508. The van der Waals surface area contributed by atoms with Gasteiger partial charge in [-0.05, 0) is 54.8 Å². The van der Waals surface area contributed by atoms with Crippen molar-refractivity contribution in [2.45, 2.75) is 25.4 Å². The van der Waals surface area contributed by atoms with Gasteiger partial charge in [0.15, 0.2) is 11.5 Å². The molecule has 6 nitrogen and oxygen atoms in total. The highest BCUT2D eigenvalue weighted by molar-refractivity contribution is 5.66. The first-order chi connectivity index (χ1) is 14.8. The molecule has 1 aromatic carbocycles. The van der Waals surface area contributed by atoms with E-state index in [0.29, 0.717) is 12.8 Å². The second-order valence-corrected chi connectivity index (χ2v) is 7.90. The van der Waals surface area contributed by atoms with Crippen LogP contribution in [0.4, 0.5) is 0 Å². The third-order valence-electron chi connectivity index (χ3n) is 6.06. The van der Waals surface area contributed by atoms with Crippen LogP contribution in [0.5, 0.6) is 11.5 Å². The average Bonchev–Trinajstić information content (AvgIpc) is 3.53. The highest BCUT2D eigenvalue weighted by Crippen LogP contribution is 2.37. The number of imidazole rings is 1. The van der Waals surface area contributed by atoms with Crippen LogP contribution in [-0.4, -0.2) is 32.6 Å². The van der Waals surface area contributed by atoms with E-state index in [1.165, 1.54) is 17.5 Å². The number of nitrogens with zero attached hydrogens (tertiary/aromatic N) is 4.